The standard InChI is InChI=1S/C15H20F2N2O2/c1-2-19(10-11-6-5-9-18-11)14(20)12-7-3-4-8-13(12)21-15(16)17/h3-4,7-8,11,15,18H,2,5-6,9-10H2,1H3. The zero-order valence-electron chi connectivity index (χ0n) is 12.0. The van der Waals surface area contributed by atoms with Crippen molar-refractivity contribution in [3.8, 4) is 5.75 Å². The summed E-state index contributed by atoms with van der Waals surface area (Å²) in [4.78, 5) is 14.2. The number of likely N-dealkylation sites (N-methyl/N-ethyl adjacent to an activating group) is 1. The largest absolute Gasteiger partial charge is 0.434 e. The molecule has 4 nitrogen and oxygen atoms in total. The fourth-order valence-electron chi connectivity index (χ4n) is 2.55. The number of benzene rings is 1. The van der Waals surface area contributed by atoms with Gasteiger partial charge in [-0.25, -0.2) is 0 Å². The van der Waals surface area contributed by atoms with Gasteiger partial charge in [-0.1, -0.05) is 12.1 Å². The smallest absolute Gasteiger partial charge is 0.387 e. The third kappa shape index (κ3) is 4.14. The predicted octanol–water partition coefficient (Wildman–Crippen LogP) is 2.50. The van der Waals surface area contributed by atoms with Crippen molar-refractivity contribution in [3.05, 3.63) is 29.8 Å². The molecule has 1 aliphatic rings. The van der Waals surface area contributed by atoms with Gasteiger partial charge in [-0.15, -0.1) is 0 Å². The highest BCUT2D eigenvalue weighted by molar-refractivity contribution is 5.97. The van der Waals surface area contributed by atoms with E-state index in [-0.39, 0.29) is 23.3 Å². The highest BCUT2D eigenvalue weighted by Crippen LogP contribution is 2.22. The second-order valence-corrected chi connectivity index (χ2v) is 5.01. The molecule has 1 fully saturated rings. The summed E-state index contributed by atoms with van der Waals surface area (Å²) in [5, 5.41) is 3.33. The minimum atomic E-state index is -2.94. The van der Waals surface area contributed by atoms with Crippen LogP contribution in [0.15, 0.2) is 24.3 Å². The molecule has 1 aliphatic heterocycles. The van der Waals surface area contributed by atoms with Gasteiger partial charge in [0.05, 0.1) is 5.56 Å². The molecule has 21 heavy (non-hydrogen) atoms. The Kier molecular flexibility index (Phi) is 5.50. The number of carbonyl (C=O) groups is 1. The van der Waals surface area contributed by atoms with Crippen molar-refractivity contribution in [1.29, 1.82) is 0 Å². The van der Waals surface area contributed by atoms with E-state index in [0.717, 1.165) is 19.4 Å². The molecule has 0 saturated carbocycles. The summed E-state index contributed by atoms with van der Waals surface area (Å²) in [6.07, 6.45) is 2.13. The Morgan fingerprint density at radius 2 is 2.24 bits per heavy atom. The van der Waals surface area contributed by atoms with Gasteiger partial charge in [-0.2, -0.15) is 8.78 Å². The quantitative estimate of drug-likeness (QED) is 0.877. The topological polar surface area (TPSA) is 41.6 Å². The number of hydrogen-bond donors (Lipinski definition) is 1. The molecule has 116 valence electrons. The highest BCUT2D eigenvalue weighted by atomic mass is 19.3. The number of alkyl halides is 2. The van der Waals surface area contributed by atoms with E-state index in [2.05, 4.69) is 10.1 Å². The summed E-state index contributed by atoms with van der Waals surface area (Å²) >= 11 is 0. The van der Waals surface area contributed by atoms with E-state index in [0.29, 0.717) is 13.1 Å². The molecule has 1 N–H and O–H groups in total. The van der Waals surface area contributed by atoms with E-state index >= 15 is 0 Å². The predicted molar refractivity (Wildman–Crippen MR) is 75.7 cm³/mol. The van der Waals surface area contributed by atoms with Crippen LogP contribution in [0.5, 0.6) is 5.75 Å². The summed E-state index contributed by atoms with van der Waals surface area (Å²) in [5.74, 6) is -0.349. The Morgan fingerprint density at radius 1 is 1.48 bits per heavy atom. The van der Waals surface area contributed by atoms with Crippen LogP contribution in [0.3, 0.4) is 0 Å². The maximum atomic E-state index is 12.5. The first kappa shape index (κ1) is 15.7. The van der Waals surface area contributed by atoms with E-state index < -0.39 is 6.61 Å². The molecule has 6 heteroatoms. The number of ether oxygens (including phenoxy) is 1. The van der Waals surface area contributed by atoms with Crippen molar-refractivity contribution >= 4 is 5.91 Å². The summed E-state index contributed by atoms with van der Waals surface area (Å²) < 4.78 is 29.3. The van der Waals surface area contributed by atoms with Crippen molar-refractivity contribution in [2.45, 2.75) is 32.4 Å². The van der Waals surface area contributed by atoms with Gasteiger partial charge in [-0.05, 0) is 38.4 Å². The average Bonchev–Trinajstić information content (AvgIpc) is 2.97. The van der Waals surface area contributed by atoms with Crippen molar-refractivity contribution in [2.75, 3.05) is 19.6 Å². The number of nitrogens with zero attached hydrogens (tertiary/aromatic N) is 1. The molecule has 1 atom stereocenters. The molecule has 0 aliphatic carbocycles. The van der Waals surface area contributed by atoms with Crippen molar-refractivity contribution < 1.29 is 18.3 Å². The molecule has 0 spiro atoms. The molecule has 0 radical (unpaired) electrons. The average molecular weight is 298 g/mol. The second kappa shape index (κ2) is 7.36. The van der Waals surface area contributed by atoms with Gasteiger partial charge in [0.2, 0.25) is 0 Å². The summed E-state index contributed by atoms with van der Waals surface area (Å²) in [7, 11) is 0. The van der Waals surface area contributed by atoms with E-state index in [1.807, 2.05) is 6.92 Å². The fraction of sp³-hybridized carbons (Fsp3) is 0.533. The van der Waals surface area contributed by atoms with Gasteiger partial charge in [-0.3, -0.25) is 4.79 Å². The minimum Gasteiger partial charge on any atom is -0.434 e. The molecule has 1 aromatic carbocycles. The number of amides is 1. The van der Waals surface area contributed by atoms with Gasteiger partial charge in [0.15, 0.2) is 0 Å². The Hall–Kier alpha value is -1.69. The first-order valence-corrected chi connectivity index (χ1v) is 7.18. The lowest BCUT2D eigenvalue weighted by atomic mass is 10.1. The van der Waals surface area contributed by atoms with E-state index in [9.17, 15) is 13.6 Å². The molecule has 1 aromatic rings. The van der Waals surface area contributed by atoms with Gasteiger partial charge < -0.3 is 15.0 Å². The third-order valence-electron chi connectivity index (χ3n) is 3.61. The maximum Gasteiger partial charge on any atom is 0.387 e. The molecule has 0 aromatic heterocycles. The van der Waals surface area contributed by atoms with Crippen LogP contribution < -0.4 is 10.1 Å². The van der Waals surface area contributed by atoms with Crippen molar-refractivity contribution in [3.63, 3.8) is 0 Å². The van der Waals surface area contributed by atoms with Crippen LogP contribution in [-0.4, -0.2) is 43.1 Å². The van der Waals surface area contributed by atoms with Crippen LogP contribution in [0.4, 0.5) is 8.78 Å². The zero-order valence-corrected chi connectivity index (χ0v) is 12.0. The number of nitrogens with one attached hydrogen (secondary N) is 1. The summed E-state index contributed by atoms with van der Waals surface area (Å²) in [6, 6.07) is 6.40. The van der Waals surface area contributed by atoms with E-state index in [1.165, 1.54) is 12.1 Å². The lowest BCUT2D eigenvalue weighted by Gasteiger charge is -2.25. The fourth-order valence-corrected chi connectivity index (χ4v) is 2.55. The van der Waals surface area contributed by atoms with Gasteiger partial charge >= 0.3 is 6.61 Å². The third-order valence-corrected chi connectivity index (χ3v) is 3.61. The SMILES string of the molecule is CCN(CC1CCCN1)C(=O)c1ccccc1OC(F)F. The number of hydrogen-bond acceptors (Lipinski definition) is 3. The van der Waals surface area contributed by atoms with Gasteiger partial charge in [0.25, 0.3) is 5.91 Å². The van der Waals surface area contributed by atoms with Crippen LogP contribution in [0.25, 0.3) is 0 Å². The monoisotopic (exact) mass is 298 g/mol. The van der Waals surface area contributed by atoms with Crippen LogP contribution in [0, 0.1) is 0 Å². The van der Waals surface area contributed by atoms with Crippen LogP contribution >= 0.6 is 0 Å². The molecule has 2 rings (SSSR count). The molecule has 1 heterocycles. The number of para-hydroxylation sites is 1. The number of rotatable bonds is 6. The normalized spacial score (nSPS) is 18.0. The van der Waals surface area contributed by atoms with E-state index in [1.54, 1.807) is 17.0 Å². The minimum absolute atomic E-state index is 0.0738. The van der Waals surface area contributed by atoms with Crippen molar-refractivity contribution in [2.24, 2.45) is 0 Å². The molecule has 1 amide bonds. The van der Waals surface area contributed by atoms with Crippen LogP contribution in [0.1, 0.15) is 30.1 Å². The highest BCUT2D eigenvalue weighted by Gasteiger charge is 2.24. The number of halogens is 2. The Labute approximate surface area is 123 Å². The number of carbonyl (C=O) groups excluding carboxylic acids is 1. The van der Waals surface area contributed by atoms with Crippen LogP contribution in [-0.2, 0) is 0 Å². The first-order valence-electron chi connectivity index (χ1n) is 7.18. The second-order valence-electron chi connectivity index (χ2n) is 5.01. The molecular weight excluding hydrogens is 278 g/mol. The van der Waals surface area contributed by atoms with E-state index in [4.69, 9.17) is 0 Å². The maximum absolute atomic E-state index is 12.5. The van der Waals surface area contributed by atoms with Crippen LogP contribution in [0.2, 0.25) is 0 Å². The Balaban J connectivity index is 2.12. The Morgan fingerprint density at radius 3 is 2.86 bits per heavy atom. The summed E-state index contributed by atoms with van der Waals surface area (Å²) in [6.45, 7) is 1.01. The lowest BCUT2D eigenvalue weighted by Crippen LogP contribution is -2.41. The Bertz CT molecular complexity index is 476. The van der Waals surface area contributed by atoms with Gasteiger partial charge in [0.1, 0.15) is 5.75 Å². The molecule has 1 saturated heterocycles. The molecule has 1 unspecified atom stereocenters. The zero-order chi connectivity index (χ0) is 15.2. The van der Waals surface area contributed by atoms with Crippen molar-refractivity contribution in [1.82, 2.24) is 10.2 Å². The molecular formula is C15H20F2N2O2. The first-order chi connectivity index (χ1) is 10.1. The summed E-state index contributed by atoms with van der Waals surface area (Å²) in [5.41, 5.74) is 0.178. The molecule has 0 bridgehead atoms. The lowest BCUT2D eigenvalue weighted by molar-refractivity contribution is -0.0502. The van der Waals surface area contributed by atoms with Gasteiger partial charge in [0, 0.05) is 19.1 Å².